The topological polar surface area (TPSA) is 12.4 Å². The molecular weight excluding hydrogens is 158 g/mol. The summed E-state index contributed by atoms with van der Waals surface area (Å²) in [6, 6.07) is 0. The first kappa shape index (κ1) is 12.7. The second kappa shape index (κ2) is 6.17. The van der Waals surface area contributed by atoms with E-state index in [1.165, 1.54) is 12.1 Å². The molecule has 0 saturated heterocycles. The van der Waals surface area contributed by atoms with Crippen LogP contribution in [0.1, 0.15) is 47.5 Å². The van der Waals surface area contributed by atoms with E-state index in [9.17, 15) is 0 Å². The van der Waals surface area contributed by atoms with Crippen molar-refractivity contribution in [1.29, 1.82) is 0 Å². The van der Waals surface area contributed by atoms with Crippen LogP contribution in [0, 0.1) is 17.8 Å². The van der Waals surface area contributed by atoms with Gasteiger partial charge >= 0.3 is 0 Å². The third-order valence-corrected chi connectivity index (χ3v) is 3.23. The van der Waals surface area contributed by atoms with Crippen LogP contribution in [0.2, 0.25) is 0 Å². The second-order valence-corrected chi connectivity index (χ2v) is 4.43. The van der Waals surface area contributed by atoms with E-state index in [0.29, 0.717) is 0 Å². The Morgan fingerprint density at radius 3 is 2.00 bits per heavy atom. The van der Waals surface area contributed by atoms with Crippen LogP contribution in [0.5, 0.6) is 0 Å². The van der Waals surface area contributed by atoms with Crippen molar-refractivity contribution in [2.75, 3.05) is 7.05 Å². The minimum Gasteiger partial charge on any atom is -0.297 e. The molecule has 0 heterocycles. The van der Waals surface area contributed by atoms with E-state index in [1.807, 2.05) is 7.05 Å². The van der Waals surface area contributed by atoms with E-state index in [4.69, 9.17) is 0 Å². The fourth-order valence-corrected chi connectivity index (χ4v) is 1.61. The molecule has 0 saturated carbocycles. The lowest BCUT2D eigenvalue weighted by molar-refractivity contribution is 0.302. The molecule has 1 unspecified atom stereocenters. The van der Waals surface area contributed by atoms with Crippen LogP contribution >= 0.6 is 0 Å². The van der Waals surface area contributed by atoms with Crippen molar-refractivity contribution >= 4 is 5.71 Å². The van der Waals surface area contributed by atoms with Gasteiger partial charge < -0.3 is 0 Å². The molecule has 0 aromatic rings. The van der Waals surface area contributed by atoms with E-state index in [1.54, 1.807) is 0 Å². The molecule has 0 aliphatic rings. The lowest BCUT2D eigenvalue weighted by Crippen LogP contribution is -2.17. The number of rotatable bonds is 5. The highest BCUT2D eigenvalue weighted by Gasteiger charge is 2.16. The largest absolute Gasteiger partial charge is 0.297 e. The van der Waals surface area contributed by atoms with Gasteiger partial charge in [-0.15, -0.1) is 0 Å². The van der Waals surface area contributed by atoms with E-state index in [2.05, 4.69) is 39.6 Å². The van der Waals surface area contributed by atoms with Gasteiger partial charge in [-0.1, -0.05) is 34.6 Å². The first-order chi connectivity index (χ1) is 6.02. The van der Waals surface area contributed by atoms with E-state index < -0.39 is 0 Å². The van der Waals surface area contributed by atoms with Crippen molar-refractivity contribution in [3.05, 3.63) is 0 Å². The summed E-state index contributed by atoms with van der Waals surface area (Å²) in [6.45, 7) is 11.5. The van der Waals surface area contributed by atoms with Crippen LogP contribution in [-0.4, -0.2) is 12.8 Å². The summed E-state index contributed by atoms with van der Waals surface area (Å²) in [7, 11) is 1.91. The molecule has 1 heteroatoms. The zero-order valence-electron chi connectivity index (χ0n) is 10.1. The van der Waals surface area contributed by atoms with Gasteiger partial charge in [-0.05, 0) is 30.6 Å². The first-order valence-electron chi connectivity index (χ1n) is 5.47. The lowest BCUT2D eigenvalue weighted by Gasteiger charge is -2.23. The molecular formula is C12H25N. The third kappa shape index (κ3) is 4.44. The van der Waals surface area contributed by atoms with E-state index in [-0.39, 0.29) is 0 Å². The van der Waals surface area contributed by atoms with Crippen molar-refractivity contribution in [3.63, 3.8) is 0 Å². The molecule has 0 N–H and O–H groups in total. The van der Waals surface area contributed by atoms with E-state index in [0.717, 1.165) is 24.2 Å². The third-order valence-electron chi connectivity index (χ3n) is 3.23. The second-order valence-electron chi connectivity index (χ2n) is 4.43. The Hall–Kier alpha value is -0.330. The average Bonchev–Trinajstić information content (AvgIpc) is 2.12. The van der Waals surface area contributed by atoms with Gasteiger partial charge in [0, 0.05) is 12.8 Å². The smallest absolute Gasteiger partial charge is 0.0276 e. The molecule has 0 aromatic heterocycles. The maximum Gasteiger partial charge on any atom is 0.0276 e. The van der Waals surface area contributed by atoms with Gasteiger partial charge in [0.05, 0.1) is 0 Å². The highest BCUT2D eigenvalue weighted by molar-refractivity contribution is 5.84. The monoisotopic (exact) mass is 183 g/mol. The fourth-order valence-electron chi connectivity index (χ4n) is 1.61. The van der Waals surface area contributed by atoms with Gasteiger partial charge in [-0.3, -0.25) is 4.99 Å². The quantitative estimate of drug-likeness (QED) is 0.575. The first-order valence-corrected chi connectivity index (χ1v) is 5.47. The number of hydrogen-bond donors (Lipinski definition) is 0. The van der Waals surface area contributed by atoms with E-state index >= 15 is 0 Å². The summed E-state index contributed by atoms with van der Waals surface area (Å²) in [5, 5.41) is 0. The van der Waals surface area contributed by atoms with Crippen LogP contribution in [0.4, 0.5) is 0 Å². The average molecular weight is 183 g/mol. The lowest BCUT2D eigenvalue weighted by atomic mass is 9.83. The zero-order chi connectivity index (χ0) is 10.4. The number of nitrogens with zero attached hydrogens (tertiary/aromatic N) is 1. The molecule has 0 fully saturated rings. The minimum absolute atomic E-state index is 0.763. The molecule has 0 aliphatic heterocycles. The maximum atomic E-state index is 4.30. The predicted octanol–water partition coefficient (Wildman–Crippen LogP) is 3.79. The summed E-state index contributed by atoms with van der Waals surface area (Å²) in [5.41, 5.74) is 1.36. The van der Waals surface area contributed by atoms with Crippen LogP contribution in [0.25, 0.3) is 0 Å². The van der Waals surface area contributed by atoms with Gasteiger partial charge in [0.25, 0.3) is 0 Å². The molecule has 0 aromatic carbocycles. The molecule has 0 aliphatic carbocycles. The number of aliphatic imine (C=N–C) groups is 1. The normalized spacial score (nSPS) is 17.6. The maximum absolute atomic E-state index is 4.30. The van der Waals surface area contributed by atoms with Crippen molar-refractivity contribution in [2.24, 2.45) is 22.7 Å². The minimum atomic E-state index is 0.763. The Labute approximate surface area is 83.6 Å². The molecule has 0 bridgehead atoms. The van der Waals surface area contributed by atoms with Gasteiger partial charge in [-0.25, -0.2) is 0 Å². The molecule has 0 amide bonds. The van der Waals surface area contributed by atoms with Crippen molar-refractivity contribution in [3.8, 4) is 0 Å². The van der Waals surface area contributed by atoms with Crippen molar-refractivity contribution in [1.82, 2.24) is 0 Å². The predicted molar refractivity (Wildman–Crippen MR) is 61.4 cm³/mol. The van der Waals surface area contributed by atoms with Crippen molar-refractivity contribution in [2.45, 2.75) is 47.5 Å². The number of hydrogen-bond acceptors (Lipinski definition) is 1. The molecule has 1 nitrogen and oxygen atoms in total. The van der Waals surface area contributed by atoms with Crippen LogP contribution in [0.3, 0.4) is 0 Å². The van der Waals surface area contributed by atoms with Crippen LogP contribution in [-0.2, 0) is 0 Å². The summed E-state index contributed by atoms with van der Waals surface area (Å²) in [4.78, 5) is 4.30. The van der Waals surface area contributed by atoms with Gasteiger partial charge in [0.1, 0.15) is 0 Å². The highest BCUT2D eigenvalue weighted by atomic mass is 14.7. The summed E-state index contributed by atoms with van der Waals surface area (Å²) in [5.74, 6) is 2.34. The SMILES string of the molecule is CC/C(C[C@@H](C)C(C)C(C)C)=N/C. The van der Waals surface area contributed by atoms with Gasteiger partial charge in [0.15, 0.2) is 0 Å². The molecule has 13 heavy (non-hydrogen) atoms. The molecule has 0 rings (SSSR count). The zero-order valence-corrected chi connectivity index (χ0v) is 10.1. The van der Waals surface area contributed by atoms with Gasteiger partial charge in [-0.2, -0.15) is 0 Å². The Morgan fingerprint density at radius 1 is 1.15 bits per heavy atom. The molecule has 2 atom stereocenters. The molecule has 78 valence electrons. The Balaban J connectivity index is 4.05. The fraction of sp³-hybridized carbons (Fsp3) is 0.917. The summed E-state index contributed by atoms with van der Waals surface area (Å²) >= 11 is 0. The standard InChI is InChI=1S/C12H25N/c1-7-12(13-6)8-10(4)11(5)9(2)3/h9-11H,7-8H2,1-6H3/b13-12-/t10-,11?/m1/s1. The summed E-state index contributed by atoms with van der Waals surface area (Å²) < 4.78 is 0. The summed E-state index contributed by atoms with van der Waals surface area (Å²) in [6.07, 6.45) is 2.28. The van der Waals surface area contributed by atoms with Gasteiger partial charge in [0.2, 0.25) is 0 Å². The molecule has 0 radical (unpaired) electrons. The molecule has 0 spiro atoms. The Kier molecular flexibility index (Phi) is 6.02. The Morgan fingerprint density at radius 2 is 1.69 bits per heavy atom. The van der Waals surface area contributed by atoms with Crippen molar-refractivity contribution < 1.29 is 0 Å². The highest BCUT2D eigenvalue weighted by Crippen LogP contribution is 2.23. The van der Waals surface area contributed by atoms with Crippen LogP contribution < -0.4 is 0 Å². The Bertz CT molecular complexity index is 159. The van der Waals surface area contributed by atoms with Crippen LogP contribution in [0.15, 0.2) is 4.99 Å².